The summed E-state index contributed by atoms with van der Waals surface area (Å²) < 4.78 is 0. The molecule has 0 aliphatic carbocycles. The van der Waals surface area contributed by atoms with Gasteiger partial charge in [-0.05, 0) is 43.2 Å². The number of rotatable bonds is 5. The van der Waals surface area contributed by atoms with E-state index in [0.29, 0.717) is 5.25 Å². The van der Waals surface area contributed by atoms with Gasteiger partial charge in [-0.1, -0.05) is 32.0 Å². The lowest BCUT2D eigenvalue weighted by atomic mass is 10.1. The summed E-state index contributed by atoms with van der Waals surface area (Å²) in [6.07, 6.45) is 1.09. The number of likely N-dealkylation sites (N-methyl/N-ethyl adjacent to an activating group) is 1. The number of fused-ring (bicyclic) bond motifs is 1. The lowest BCUT2D eigenvalue weighted by Gasteiger charge is -2.18. The lowest BCUT2D eigenvalue weighted by molar-refractivity contribution is 0.102. The van der Waals surface area contributed by atoms with Crippen LogP contribution in [0.5, 0.6) is 0 Å². The Kier molecular flexibility index (Phi) is 5.14. The van der Waals surface area contributed by atoms with Crippen molar-refractivity contribution in [2.24, 2.45) is 0 Å². The molecule has 1 aliphatic rings. The number of hydrogen-bond donors (Lipinski definition) is 1. The van der Waals surface area contributed by atoms with Crippen molar-refractivity contribution in [3.63, 3.8) is 0 Å². The van der Waals surface area contributed by atoms with Crippen LogP contribution < -0.4 is 10.2 Å². The molecule has 1 amide bonds. The molecule has 1 N–H and O–H groups in total. The molecule has 3 nitrogen and oxygen atoms in total. The fraction of sp³-hybridized carbons (Fsp3) is 0.350. The van der Waals surface area contributed by atoms with Gasteiger partial charge in [0, 0.05) is 34.6 Å². The predicted octanol–water partition coefficient (Wildman–Crippen LogP) is 4.82. The largest absolute Gasteiger partial charge is 0.371 e. The third-order valence-electron chi connectivity index (χ3n) is 4.21. The molecule has 4 heteroatoms. The van der Waals surface area contributed by atoms with Crippen molar-refractivity contribution >= 4 is 29.0 Å². The van der Waals surface area contributed by atoms with Crippen LogP contribution in [0.3, 0.4) is 0 Å². The second-order valence-electron chi connectivity index (χ2n) is 6.29. The number of benzene rings is 2. The van der Waals surface area contributed by atoms with E-state index in [1.54, 1.807) is 11.8 Å². The minimum Gasteiger partial charge on any atom is -0.371 e. The van der Waals surface area contributed by atoms with E-state index in [9.17, 15) is 4.79 Å². The van der Waals surface area contributed by atoms with Gasteiger partial charge in [0.1, 0.15) is 0 Å². The number of thioether (sulfide) groups is 1. The van der Waals surface area contributed by atoms with Crippen LogP contribution in [-0.4, -0.2) is 24.2 Å². The Hall–Kier alpha value is -1.94. The number of carbonyl (C=O) groups excluding carboxylic acids is 1. The van der Waals surface area contributed by atoms with E-state index < -0.39 is 0 Å². The molecule has 126 valence electrons. The monoisotopic (exact) mass is 340 g/mol. The van der Waals surface area contributed by atoms with E-state index in [4.69, 9.17) is 0 Å². The first-order valence-electron chi connectivity index (χ1n) is 8.53. The SMILES string of the molecule is CCN1CCc2ccc(NC(=O)c3ccccc3SC(C)C)cc21. The summed E-state index contributed by atoms with van der Waals surface area (Å²) in [6, 6.07) is 14.1. The molecule has 0 aromatic heterocycles. The Morgan fingerprint density at radius 1 is 1.25 bits per heavy atom. The van der Waals surface area contributed by atoms with Crippen molar-refractivity contribution < 1.29 is 4.79 Å². The molecule has 0 bridgehead atoms. The maximum absolute atomic E-state index is 12.7. The summed E-state index contributed by atoms with van der Waals surface area (Å²) in [4.78, 5) is 16.1. The number of nitrogens with one attached hydrogen (secondary N) is 1. The molecule has 2 aromatic carbocycles. The number of amides is 1. The highest BCUT2D eigenvalue weighted by Gasteiger charge is 2.19. The van der Waals surface area contributed by atoms with Crippen LogP contribution in [-0.2, 0) is 6.42 Å². The molecule has 24 heavy (non-hydrogen) atoms. The van der Waals surface area contributed by atoms with E-state index in [2.05, 4.69) is 43.1 Å². The number of nitrogens with zero attached hydrogens (tertiary/aromatic N) is 1. The molecular weight excluding hydrogens is 316 g/mol. The lowest BCUT2D eigenvalue weighted by Crippen LogP contribution is -2.19. The Morgan fingerprint density at radius 2 is 2.04 bits per heavy atom. The minimum absolute atomic E-state index is 0.0419. The van der Waals surface area contributed by atoms with Gasteiger partial charge in [-0.25, -0.2) is 0 Å². The van der Waals surface area contributed by atoms with Gasteiger partial charge in [0.25, 0.3) is 5.91 Å². The number of carbonyl (C=O) groups is 1. The fourth-order valence-electron chi connectivity index (χ4n) is 3.06. The number of anilines is 2. The molecule has 0 atom stereocenters. The van der Waals surface area contributed by atoms with Crippen molar-refractivity contribution in [3.05, 3.63) is 53.6 Å². The summed E-state index contributed by atoms with van der Waals surface area (Å²) in [7, 11) is 0. The second-order valence-corrected chi connectivity index (χ2v) is 7.91. The minimum atomic E-state index is -0.0419. The molecular formula is C20H24N2OS. The average molecular weight is 340 g/mol. The Balaban J connectivity index is 1.81. The van der Waals surface area contributed by atoms with E-state index in [1.807, 2.05) is 30.3 Å². The highest BCUT2D eigenvalue weighted by molar-refractivity contribution is 8.00. The number of hydrogen-bond acceptors (Lipinski definition) is 3. The Labute approximate surface area is 148 Å². The third kappa shape index (κ3) is 3.59. The fourth-order valence-corrected chi connectivity index (χ4v) is 4.01. The van der Waals surface area contributed by atoms with Crippen molar-refractivity contribution in [2.75, 3.05) is 23.3 Å². The summed E-state index contributed by atoms with van der Waals surface area (Å²) in [5, 5.41) is 3.51. The van der Waals surface area contributed by atoms with Gasteiger partial charge in [0.05, 0.1) is 5.56 Å². The smallest absolute Gasteiger partial charge is 0.256 e. The second kappa shape index (κ2) is 7.31. The topological polar surface area (TPSA) is 32.3 Å². The first-order valence-corrected chi connectivity index (χ1v) is 9.41. The van der Waals surface area contributed by atoms with Gasteiger partial charge in [0.15, 0.2) is 0 Å². The third-order valence-corrected chi connectivity index (χ3v) is 5.29. The van der Waals surface area contributed by atoms with E-state index in [-0.39, 0.29) is 5.91 Å². The van der Waals surface area contributed by atoms with Crippen molar-refractivity contribution in [1.82, 2.24) is 0 Å². The summed E-state index contributed by atoms with van der Waals surface area (Å²) in [6.45, 7) is 8.51. The molecule has 1 aliphatic heterocycles. The van der Waals surface area contributed by atoms with Crippen LogP contribution >= 0.6 is 11.8 Å². The zero-order valence-corrected chi connectivity index (χ0v) is 15.3. The maximum atomic E-state index is 12.7. The van der Waals surface area contributed by atoms with Crippen molar-refractivity contribution in [3.8, 4) is 0 Å². The van der Waals surface area contributed by atoms with Gasteiger partial charge in [-0.2, -0.15) is 0 Å². The van der Waals surface area contributed by atoms with Gasteiger partial charge >= 0.3 is 0 Å². The highest BCUT2D eigenvalue weighted by atomic mass is 32.2. The van der Waals surface area contributed by atoms with Crippen LogP contribution in [0.15, 0.2) is 47.4 Å². The summed E-state index contributed by atoms with van der Waals surface area (Å²) in [5.41, 5.74) is 4.22. The maximum Gasteiger partial charge on any atom is 0.256 e. The predicted molar refractivity (Wildman–Crippen MR) is 103 cm³/mol. The zero-order chi connectivity index (χ0) is 17.1. The normalized spacial score (nSPS) is 13.2. The van der Waals surface area contributed by atoms with E-state index >= 15 is 0 Å². The van der Waals surface area contributed by atoms with Gasteiger partial charge in [-0.3, -0.25) is 4.79 Å². The molecule has 0 fully saturated rings. The van der Waals surface area contributed by atoms with Crippen molar-refractivity contribution in [2.45, 2.75) is 37.3 Å². The van der Waals surface area contributed by atoms with Crippen LogP contribution in [0, 0.1) is 0 Å². The van der Waals surface area contributed by atoms with Crippen LogP contribution in [0.2, 0.25) is 0 Å². The zero-order valence-electron chi connectivity index (χ0n) is 14.5. The van der Waals surface area contributed by atoms with Gasteiger partial charge in [-0.15, -0.1) is 11.8 Å². The Bertz CT molecular complexity index is 742. The quantitative estimate of drug-likeness (QED) is 0.792. The van der Waals surface area contributed by atoms with Crippen LogP contribution in [0.25, 0.3) is 0 Å². The van der Waals surface area contributed by atoms with Crippen molar-refractivity contribution in [1.29, 1.82) is 0 Å². The molecule has 0 saturated heterocycles. The van der Waals surface area contributed by atoms with Crippen LogP contribution in [0.1, 0.15) is 36.7 Å². The van der Waals surface area contributed by atoms with E-state index in [1.165, 1.54) is 11.3 Å². The molecule has 0 radical (unpaired) electrons. The highest BCUT2D eigenvalue weighted by Crippen LogP contribution is 2.31. The standard InChI is InChI=1S/C20H24N2OS/c1-4-22-12-11-15-9-10-16(13-18(15)22)21-20(23)17-7-5-6-8-19(17)24-14(2)3/h5-10,13-14H,4,11-12H2,1-3H3,(H,21,23). The van der Waals surface area contributed by atoms with Gasteiger partial charge < -0.3 is 10.2 Å². The molecule has 0 unspecified atom stereocenters. The average Bonchev–Trinajstić information content (AvgIpc) is 2.97. The molecule has 3 rings (SSSR count). The van der Waals surface area contributed by atoms with Crippen LogP contribution in [0.4, 0.5) is 11.4 Å². The summed E-state index contributed by atoms with van der Waals surface area (Å²) >= 11 is 1.72. The van der Waals surface area contributed by atoms with E-state index in [0.717, 1.165) is 35.7 Å². The first-order chi connectivity index (χ1) is 11.6. The first kappa shape index (κ1) is 16.9. The molecule has 0 spiro atoms. The van der Waals surface area contributed by atoms with Gasteiger partial charge in [0.2, 0.25) is 0 Å². The Morgan fingerprint density at radius 3 is 2.79 bits per heavy atom. The molecule has 2 aromatic rings. The summed E-state index contributed by atoms with van der Waals surface area (Å²) in [5.74, 6) is -0.0419. The molecule has 0 saturated carbocycles. The molecule has 1 heterocycles.